The van der Waals surface area contributed by atoms with Crippen molar-refractivity contribution in [1.82, 2.24) is 10.2 Å². The second-order valence-corrected chi connectivity index (χ2v) is 7.04. The SMILES string of the molecule is CS(=O)(=O)c1ccc(C(=O)Nc2nnc(-c3ccccc3)o2)cc1. The summed E-state index contributed by atoms with van der Waals surface area (Å²) in [5, 5.41) is 10.1. The Morgan fingerprint density at radius 2 is 1.67 bits per heavy atom. The van der Waals surface area contributed by atoms with Crippen molar-refractivity contribution in [3.8, 4) is 11.5 Å². The standard InChI is InChI=1S/C16H13N3O4S/c1-24(21,22)13-9-7-11(8-10-13)14(20)17-16-19-18-15(23-16)12-5-3-2-4-6-12/h2-10H,1H3,(H,17,19,20). The van der Waals surface area contributed by atoms with Gasteiger partial charge in [0.2, 0.25) is 5.89 Å². The number of aromatic nitrogens is 2. The van der Waals surface area contributed by atoms with Crippen molar-refractivity contribution in [1.29, 1.82) is 0 Å². The minimum Gasteiger partial charge on any atom is -0.403 e. The molecule has 0 bridgehead atoms. The Bertz CT molecular complexity index is 964. The van der Waals surface area contributed by atoms with Crippen LogP contribution >= 0.6 is 0 Å². The van der Waals surface area contributed by atoms with Crippen LogP contribution in [0, 0.1) is 0 Å². The maximum Gasteiger partial charge on any atom is 0.322 e. The van der Waals surface area contributed by atoms with Crippen LogP contribution in [0.5, 0.6) is 0 Å². The Kier molecular flexibility index (Phi) is 4.13. The summed E-state index contributed by atoms with van der Waals surface area (Å²) in [7, 11) is -3.30. The van der Waals surface area contributed by atoms with E-state index < -0.39 is 15.7 Å². The maximum absolute atomic E-state index is 12.1. The highest BCUT2D eigenvalue weighted by atomic mass is 32.2. The summed E-state index contributed by atoms with van der Waals surface area (Å²) in [6.45, 7) is 0. The Morgan fingerprint density at radius 3 is 2.29 bits per heavy atom. The van der Waals surface area contributed by atoms with Crippen molar-refractivity contribution in [2.45, 2.75) is 4.90 Å². The Hall–Kier alpha value is -3.00. The van der Waals surface area contributed by atoms with Gasteiger partial charge in [-0.2, -0.15) is 0 Å². The zero-order chi connectivity index (χ0) is 17.2. The molecule has 3 aromatic rings. The molecule has 0 saturated carbocycles. The van der Waals surface area contributed by atoms with Crippen LogP contribution in [0.25, 0.3) is 11.5 Å². The molecule has 0 atom stereocenters. The number of nitrogens with zero attached hydrogens (tertiary/aromatic N) is 2. The van der Waals surface area contributed by atoms with E-state index in [0.29, 0.717) is 5.89 Å². The first-order chi connectivity index (χ1) is 11.4. The van der Waals surface area contributed by atoms with Gasteiger partial charge in [0, 0.05) is 17.4 Å². The first kappa shape index (κ1) is 15.9. The van der Waals surface area contributed by atoms with Crippen LogP contribution in [0.2, 0.25) is 0 Å². The number of anilines is 1. The molecule has 0 aliphatic rings. The highest BCUT2D eigenvalue weighted by Crippen LogP contribution is 2.19. The number of sulfone groups is 1. The maximum atomic E-state index is 12.1. The molecule has 0 aliphatic heterocycles. The fourth-order valence-electron chi connectivity index (χ4n) is 1.99. The molecule has 0 aliphatic carbocycles. The van der Waals surface area contributed by atoms with Gasteiger partial charge in [0.1, 0.15) is 0 Å². The fourth-order valence-corrected chi connectivity index (χ4v) is 2.62. The third kappa shape index (κ3) is 3.49. The molecule has 0 saturated heterocycles. The minimum absolute atomic E-state index is 0.0361. The zero-order valence-electron chi connectivity index (χ0n) is 12.6. The van der Waals surface area contributed by atoms with Crippen molar-refractivity contribution in [3.05, 3.63) is 60.2 Å². The van der Waals surface area contributed by atoms with Gasteiger partial charge in [-0.3, -0.25) is 10.1 Å². The van der Waals surface area contributed by atoms with Crippen molar-refractivity contribution in [2.24, 2.45) is 0 Å². The molecule has 2 aromatic carbocycles. The second-order valence-electron chi connectivity index (χ2n) is 5.03. The minimum atomic E-state index is -3.30. The first-order valence-corrected chi connectivity index (χ1v) is 8.83. The van der Waals surface area contributed by atoms with Gasteiger partial charge >= 0.3 is 6.01 Å². The Labute approximate surface area is 138 Å². The summed E-state index contributed by atoms with van der Waals surface area (Å²) < 4.78 is 28.2. The Morgan fingerprint density at radius 1 is 1.00 bits per heavy atom. The molecule has 24 heavy (non-hydrogen) atoms. The molecular formula is C16H13N3O4S. The van der Waals surface area contributed by atoms with Gasteiger partial charge in [-0.05, 0) is 36.4 Å². The van der Waals surface area contributed by atoms with Gasteiger partial charge in [0.05, 0.1) is 4.90 Å². The zero-order valence-corrected chi connectivity index (χ0v) is 13.4. The molecule has 3 rings (SSSR count). The lowest BCUT2D eigenvalue weighted by Gasteiger charge is -2.02. The van der Waals surface area contributed by atoms with Crippen LogP contribution in [0.1, 0.15) is 10.4 Å². The lowest BCUT2D eigenvalue weighted by molar-refractivity contribution is 0.102. The molecule has 0 spiro atoms. The van der Waals surface area contributed by atoms with Gasteiger partial charge in [-0.1, -0.05) is 23.3 Å². The van der Waals surface area contributed by atoms with Crippen LogP contribution in [0.3, 0.4) is 0 Å². The van der Waals surface area contributed by atoms with E-state index in [-0.39, 0.29) is 16.5 Å². The highest BCUT2D eigenvalue weighted by molar-refractivity contribution is 7.90. The van der Waals surface area contributed by atoms with Gasteiger partial charge in [0.15, 0.2) is 9.84 Å². The van der Waals surface area contributed by atoms with E-state index >= 15 is 0 Å². The van der Waals surface area contributed by atoms with Crippen LogP contribution in [-0.4, -0.2) is 30.8 Å². The van der Waals surface area contributed by atoms with Crippen LogP contribution in [0.15, 0.2) is 63.9 Å². The lowest BCUT2D eigenvalue weighted by atomic mass is 10.2. The van der Waals surface area contributed by atoms with E-state index in [1.54, 1.807) is 0 Å². The van der Waals surface area contributed by atoms with Gasteiger partial charge in [0.25, 0.3) is 5.91 Å². The van der Waals surface area contributed by atoms with Gasteiger partial charge in [-0.15, -0.1) is 5.10 Å². The first-order valence-electron chi connectivity index (χ1n) is 6.94. The molecule has 0 fully saturated rings. The average Bonchev–Trinajstić information content (AvgIpc) is 3.03. The van der Waals surface area contributed by atoms with E-state index in [4.69, 9.17) is 4.42 Å². The number of benzene rings is 2. The second kappa shape index (κ2) is 6.25. The molecule has 8 heteroatoms. The number of carbonyl (C=O) groups excluding carboxylic acids is 1. The van der Waals surface area contributed by atoms with E-state index in [0.717, 1.165) is 11.8 Å². The normalized spacial score (nSPS) is 11.2. The average molecular weight is 343 g/mol. The summed E-state index contributed by atoms with van der Waals surface area (Å²) in [6, 6.07) is 14.7. The number of hydrogen-bond acceptors (Lipinski definition) is 6. The summed E-state index contributed by atoms with van der Waals surface area (Å²) in [5.41, 5.74) is 1.02. The predicted octanol–water partition coefficient (Wildman–Crippen LogP) is 2.39. The lowest BCUT2D eigenvalue weighted by Crippen LogP contribution is -2.12. The molecule has 1 heterocycles. The van der Waals surface area contributed by atoms with E-state index in [2.05, 4.69) is 15.5 Å². The monoisotopic (exact) mass is 343 g/mol. The number of carbonyl (C=O) groups is 1. The number of nitrogens with one attached hydrogen (secondary N) is 1. The molecule has 0 radical (unpaired) electrons. The fraction of sp³-hybridized carbons (Fsp3) is 0.0625. The van der Waals surface area contributed by atoms with Crippen molar-refractivity contribution < 1.29 is 17.6 Å². The predicted molar refractivity (Wildman–Crippen MR) is 87.2 cm³/mol. The summed E-state index contributed by atoms with van der Waals surface area (Å²) in [5.74, 6) is -0.184. The summed E-state index contributed by atoms with van der Waals surface area (Å²) in [4.78, 5) is 12.3. The quantitative estimate of drug-likeness (QED) is 0.780. The molecule has 1 N–H and O–H groups in total. The topological polar surface area (TPSA) is 102 Å². The van der Waals surface area contributed by atoms with Gasteiger partial charge in [-0.25, -0.2) is 8.42 Å². The smallest absolute Gasteiger partial charge is 0.322 e. The highest BCUT2D eigenvalue weighted by Gasteiger charge is 2.14. The number of hydrogen-bond donors (Lipinski definition) is 1. The molecular weight excluding hydrogens is 330 g/mol. The van der Waals surface area contributed by atoms with Crippen molar-refractivity contribution >= 4 is 21.8 Å². The van der Waals surface area contributed by atoms with Crippen molar-refractivity contribution in [3.63, 3.8) is 0 Å². The van der Waals surface area contributed by atoms with Crippen LogP contribution in [0.4, 0.5) is 6.01 Å². The summed E-state index contributed by atoms with van der Waals surface area (Å²) in [6.07, 6.45) is 1.10. The van der Waals surface area contributed by atoms with E-state index in [1.165, 1.54) is 24.3 Å². The molecule has 122 valence electrons. The number of rotatable bonds is 4. The number of amides is 1. The van der Waals surface area contributed by atoms with E-state index in [1.807, 2.05) is 30.3 Å². The van der Waals surface area contributed by atoms with Crippen LogP contribution < -0.4 is 5.32 Å². The third-order valence-corrected chi connectivity index (χ3v) is 4.34. The molecule has 1 amide bonds. The van der Waals surface area contributed by atoms with E-state index in [9.17, 15) is 13.2 Å². The molecule has 0 unspecified atom stereocenters. The van der Waals surface area contributed by atoms with Crippen molar-refractivity contribution in [2.75, 3.05) is 11.6 Å². The molecule has 1 aromatic heterocycles. The van der Waals surface area contributed by atoms with Gasteiger partial charge < -0.3 is 4.42 Å². The third-order valence-electron chi connectivity index (χ3n) is 3.21. The summed E-state index contributed by atoms with van der Waals surface area (Å²) >= 11 is 0. The molecule has 7 nitrogen and oxygen atoms in total. The van der Waals surface area contributed by atoms with Crippen LogP contribution in [-0.2, 0) is 9.84 Å². The largest absolute Gasteiger partial charge is 0.403 e. The Balaban J connectivity index is 1.75.